The second-order valence-electron chi connectivity index (χ2n) is 2.79. The van der Waals surface area contributed by atoms with E-state index in [4.69, 9.17) is 11.6 Å². The van der Waals surface area contributed by atoms with Crippen molar-refractivity contribution in [2.24, 2.45) is 0 Å². The predicted octanol–water partition coefficient (Wildman–Crippen LogP) is 4.11. The van der Waals surface area contributed by atoms with E-state index in [1.807, 2.05) is 0 Å². The molecule has 0 unspecified atom stereocenters. The first-order valence-electron chi connectivity index (χ1n) is 3.73. The van der Waals surface area contributed by atoms with E-state index in [1.54, 1.807) is 0 Å². The largest absolute Gasteiger partial charge is 0.451 e. The van der Waals surface area contributed by atoms with Crippen molar-refractivity contribution in [1.29, 1.82) is 0 Å². The molecule has 0 spiro atoms. The fraction of sp³-hybridized carbons (Fsp3) is 0.111. The summed E-state index contributed by atoms with van der Waals surface area (Å²) in [6.45, 7) is 0. The van der Waals surface area contributed by atoms with E-state index >= 15 is 0 Å². The van der Waals surface area contributed by atoms with Crippen molar-refractivity contribution in [2.75, 3.05) is 0 Å². The number of hydrogen-bond acceptors (Lipinski definition) is 1. The lowest BCUT2D eigenvalue weighted by Crippen LogP contribution is -2.01. The Kier molecular flexibility index (Phi) is 1.96. The van der Waals surface area contributed by atoms with E-state index in [0.717, 1.165) is 6.07 Å². The van der Waals surface area contributed by atoms with Gasteiger partial charge in [-0.25, -0.2) is 0 Å². The fourth-order valence-corrected chi connectivity index (χ4v) is 1.33. The molecule has 0 N–H and O–H groups in total. The summed E-state index contributed by atoms with van der Waals surface area (Å²) < 4.78 is 41.2. The number of benzene rings is 1. The molecule has 5 heteroatoms. The molecule has 0 fully saturated rings. The van der Waals surface area contributed by atoms with Crippen molar-refractivity contribution in [2.45, 2.75) is 6.18 Å². The average molecular weight is 221 g/mol. The van der Waals surface area contributed by atoms with Gasteiger partial charge >= 0.3 is 6.18 Å². The van der Waals surface area contributed by atoms with Gasteiger partial charge in [-0.15, -0.1) is 0 Å². The number of halogens is 4. The van der Waals surface area contributed by atoms with Gasteiger partial charge in [0.15, 0.2) is 0 Å². The maximum Gasteiger partial charge on any atom is 0.449 e. The first-order valence-corrected chi connectivity index (χ1v) is 4.11. The monoisotopic (exact) mass is 220 g/mol. The van der Waals surface area contributed by atoms with Crippen molar-refractivity contribution in [3.05, 3.63) is 35.0 Å². The van der Waals surface area contributed by atoms with Crippen LogP contribution in [0.3, 0.4) is 0 Å². The van der Waals surface area contributed by atoms with Crippen LogP contribution in [-0.2, 0) is 6.18 Å². The molecule has 2 aromatic rings. The summed E-state index contributed by atoms with van der Waals surface area (Å²) in [6, 6.07) is 5.25. The molecule has 0 aliphatic carbocycles. The van der Waals surface area contributed by atoms with Crippen molar-refractivity contribution in [1.82, 2.24) is 0 Å². The maximum absolute atomic E-state index is 12.2. The van der Waals surface area contributed by atoms with E-state index in [2.05, 4.69) is 4.42 Å². The number of hydrogen-bond donors (Lipinski definition) is 0. The highest BCUT2D eigenvalue weighted by atomic mass is 35.5. The summed E-state index contributed by atoms with van der Waals surface area (Å²) in [5, 5.41) is 0.733. The first-order chi connectivity index (χ1) is 6.47. The van der Waals surface area contributed by atoms with Gasteiger partial charge in [0.1, 0.15) is 5.58 Å². The third-order valence-corrected chi connectivity index (χ3v) is 1.99. The van der Waals surface area contributed by atoms with Crippen LogP contribution in [0, 0.1) is 0 Å². The van der Waals surface area contributed by atoms with Crippen LogP contribution in [0.5, 0.6) is 0 Å². The zero-order valence-corrected chi connectivity index (χ0v) is 7.49. The Labute approximate surface area is 82.1 Å². The minimum atomic E-state index is -4.45. The normalized spacial score (nSPS) is 12.3. The van der Waals surface area contributed by atoms with Gasteiger partial charge in [-0.3, -0.25) is 0 Å². The molecule has 0 bridgehead atoms. The van der Waals surface area contributed by atoms with Crippen LogP contribution in [0.25, 0.3) is 11.0 Å². The molecule has 0 atom stereocenters. The predicted molar refractivity (Wildman–Crippen MR) is 46.2 cm³/mol. The van der Waals surface area contributed by atoms with E-state index in [0.29, 0.717) is 10.4 Å². The number of fused-ring (bicyclic) bond motifs is 1. The summed E-state index contributed by atoms with van der Waals surface area (Å²) in [5.74, 6) is -1.00. The highest BCUT2D eigenvalue weighted by Crippen LogP contribution is 2.34. The lowest BCUT2D eigenvalue weighted by atomic mass is 10.2. The summed E-state index contributed by atoms with van der Waals surface area (Å²) in [6.07, 6.45) is -4.45. The van der Waals surface area contributed by atoms with Crippen LogP contribution >= 0.6 is 11.6 Å². The molecule has 1 heterocycles. The Bertz CT molecular complexity index is 472. The van der Waals surface area contributed by atoms with Gasteiger partial charge in [-0.1, -0.05) is 11.6 Å². The van der Waals surface area contributed by atoms with Crippen LogP contribution in [-0.4, -0.2) is 0 Å². The SMILES string of the molecule is FC(F)(F)c1cc2cc(Cl)ccc2o1. The van der Waals surface area contributed by atoms with Crippen molar-refractivity contribution < 1.29 is 17.6 Å². The second-order valence-corrected chi connectivity index (χ2v) is 3.23. The van der Waals surface area contributed by atoms with Crippen LogP contribution in [0.2, 0.25) is 5.02 Å². The van der Waals surface area contributed by atoms with Gasteiger partial charge in [-0.05, 0) is 24.3 Å². The van der Waals surface area contributed by atoms with Crippen molar-refractivity contribution >= 4 is 22.6 Å². The highest BCUT2D eigenvalue weighted by molar-refractivity contribution is 6.31. The Hall–Kier alpha value is -1.16. The third kappa shape index (κ3) is 1.57. The molecule has 0 saturated carbocycles. The molecule has 0 amide bonds. The number of rotatable bonds is 0. The minimum absolute atomic E-state index is 0.182. The van der Waals surface area contributed by atoms with E-state index in [-0.39, 0.29) is 5.58 Å². The van der Waals surface area contributed by atoms with Gasteiger partial charge in [0.05, 0.1) is 0 Å². The lowest BCUT2D eigenvalue weighted by molar-refractivity contribution is -0.152. The van der Waals surface area contributed by atoms with Gasteiger partial charge in [-0.2, -0.15) is 13.2 Å². The summed E-state index contributed by atoms with van der Waals surface area (Å²) >= 11 is 5.62. The minimum Gasteiger partial charge on any atom is -0.451 e. The quantitative estimate of drug-likeness (QED) is 0.651. The summed E-state index contributed by atoms with van der Waals surface area (Å²) in [7, 11) is 0. The summed E-state index contributed by atoms with van der Waals surface area (Å²) in [5.41, 5.74) is 0.182. The second kappa shape index (κ2) is 2.92. The molecule has 0 aliphatic heterocycles. The molecule has 1 aromatic heterocycles. The third-order valence-electron chi connectivity index (χ3n) is 1.76. The standard InChI is InChI=1S/C9H4ClF3O/c10-6-1-2-7-5(3-6)4-8(14-7)9(11,12)13/h1-4H. The van der Waals surface area contributed by atoms with Gasteiger partial charge in [0.2, 0.25) is 5.76 Å². The van der Waals surface area contributed by atoms with Crippen LogP contribution in [0.15, 0.2) is 28.7 Å². The van der Waals surface area contributed by atoms with E-state index in [1.165, 1.54) is 18.2 Å². The van der Waals surface area contributed by atoms with E-state index < -0.39 is 11.9 Å². The van der Waals surface area contributed by atoms with Crippen LogP contribution in [0.4, 0.5) is 13.2 Å². The Morgan fingerprint density at radius 2 is 1.86 bits per heavy atom. The Morgan fingerprint density at radius 1 is 1.14 bits per heavy atom. The maximum atomic E-state index is 12.2. The zero-order chi connectivity index (χ0) is 10.3. The first kappa shape index (κ1) is 9.40. The van der Waals surface area contributed by atoms with Gasteiger partial charge in [0.25, 0.3) is 0 Å². The molecule has 1 nitrogen and oxygen atoms in total. The van der Waals surface area contributed by atoms with Crippen LogP contribution in [0.1, 0.15) is 5.76 Å². The van der Waals surface area contributed by atoms with E-state index in [9.17, 15) is 13.2 Å². The smallest absolute Gasteiger partial charge is 0.449 e. The van der Waals surface area contributed by atoms with Crippen molar-refractivity contribution in [3.8, 4) is 0 Å². The molecule has 2 rings (SSSR count). The zero-order valence-electron chi connectivity index (χ0n) is 6.73. The van der Waals surface area contributed by atoms with Gasteiger partial charge < -0.3 is 4.42 Å². The molecule has 0 radical (unpaired) electrons. The number of alkyl halides is 3. The molecule has 14 heavy (non-hydrogen) atoms. The fourth-order valence-electron chi connectivity index (χ4n) is 1.15. The Morgan fingerprint density at radius 3 is 2.50 bits per heavy atom. The molecule has 74 valence electrons. The topological polar surface area (TPSA) is 13.1 Å². The molecule has 0 aliphatic rings. The lowest BCUT2D eigenvalue weighted by Gasteiger charge is -1.98. The summed E-state index contributed by atoms with van der Waals surface area (Å²) in [4.78, 5) is 0. The molecule has 0 saturated heterocycles. The molecular weight excluding hydrogens is 217 g/mol. The molecular formula is C9H4ClF3O. The van der Waals surface area contributed by atoms with Crippen LogP contribution < -0.4 is 0 Å². The van der Waals surface area contributed by atoms with Crippen molar-refractivity contribution in [3.63, 3.8) is 0 Å². The Balaban J connectivity index is 2.63. The molecule has 1 aromatic carbocycles. The highest BCUT2D eigenvalue weighted by Gasteiger charge is 2.35. The van der Waals surface area contributed by atoms with Gasteiger partial charge in [0, 0.05) is 10.4 Å². The number of furan rings is 1. The average Bonchev–Trinajstić information content (AvgIpc) is 2.45.